The number of hydrogen-bond acceptors (Lipinski definition) is 2. The Bertz CT molecular complexity index is 570. The molecule has 4 heteroatoms. The van der Waals surface area contributed by atoms with E-state index in [2.05, 4.69) is 21.5 Å². The Morgan fingerprint density at radius 1 is 1.32 bits per heavy atom. The number of fused-ring (bicyclic) bond motifs is 1. The first-order valence-electron chi connectivity index (χ1n) is 7.15. The molecule has 0 N–H and O–H groups in total. The van der Waals surface area contributed by atoms with Gasteiger partial charge in [-0.2, -0.15) is 0 Å². The largest absolute Gasteiger partial charge is 0.308 e. The zero-order valence-electron chi connectivity index (χ0n) is 11.5. The number of rotatable bonds is 3. The van der Waals surface area contributed by atoms with E-state index in [1.807, 2.05) is 25.3 Å². The molecule has 1 fully saturated rings. The molecule has 0 spiro atoms. The molecule has 3 rings (SSSR count). The number of aromatic nitrogens is 3. The van der Waals surface area contributed by atoms with Crippen molar-refractivity contribution >= 4 is 22.8 Å². The first-order valence-corrected chi connectivity index (χ1v) is 7.59. The summed E-state index contributed by atoms with van der Waals surface area (Å²) in [6.45, 7) is 4.27. The molecule has 2 aromatic rings. The molecule has 2 unspecified atom stereocenters. The van der Waals surface area contributed by atoms with Crippen LogP contribution < -0.4 is 0 Å². The Balaban J connectivity index is 2.11. The van der Waals surface area contributed by atoms with Gasteiger partial charge in [0, 0.05) is 12.2 Å². The first-order chi connectivity index (χ1) is 9.18. The lowest BCUT2D eigenvalue weighted by molar-refractivity contribution is 0.358. The zero-order chi connectivity index (χ0) is 13.4. The van der Waals surface area contributed by atoms with E-state index in [1.54, 1.807) is 0 Å². The fraction of sp³-hybridized carbons (Fsp3) is 0.600. The lowest BCUT2D eigenvalue weighted by atomic mass is 9.99. The summed E-state index contributed by atoms with van der Waals surface area (Å²) in [5.41, 5.74) is 1.93. The summed E-state index contributed by atoms with van der Waals surface area (Å²) in [5.74, 6) is 1.68. The predicted molar refractivity (Wildman–Crippen MR) is 78.5 cm³/mol. The summed E-state index contributed by atoms with van der Waals surface area (Å²) in [6, 6.07) is 4.38. The lowest BCUT2D eigenvalue weighted by Gasteiger charge is -2.23. The van der Waals surface area contributed by atoms with Crippen LogP contribution in [0.15, 0.2) is 18.3 Å². The number of halogens is 1. The summed E-state index contributed by atoms with van der Waals surface area (Å²) in [5, 5.41) is -0.0851. The SMILES string of the molecule is CC(Cl)c1nc2cccnc2n1C(C)C1CCCC1. The Kier molecular flexibility index (Phi) is 3.48. The minimum Gasteiger partial charge on any atom is -0.308 e. The smallest absolute Gasteiger partial charge is 0.160 e. The average Bonchev–Trinajstić information content (AvgIpc) is 3.05. The number of alkyl halides is 1. The van der Waals surface area contributed by atoms with Crippen molar-refractivity contribution in [2.45, 2.75) is 50.9 Å². The molecule has 0 aliphatic heterocycles. The summed E-state index contributed by atoms with van der Waals surface area (Å²) >= 11 is 6.32. The molecule has 1 saturated carbocycles. The van der Waals surface area contributed by atoms with E-state index >= 15 is 0 Å². The van der Waals surface area contributed by atoms with Crippen molar-refractivity contribution in [1.82, 2.24) is 14.5 Å². The van der Waals surface area contributed by atoms with Crippen LogP contribution in [0.5, 0.6) is 0 Å². The van der Waals surface area contributed by atoms with Gasteiger partial charge in [-0.05, 0) is 44.7 Å². The van der Waals surface area contributed by atoms with Crippen LogP contribution in [0, 0.1) is 5.92 Å². The fourth-order valence-corrected chi connectivity index (χ4v) is 3.43. The quantitative estimate of drug-likeness (QED) is 0.774. The van der Waals surface area contributed by atoms with Crippen molar-refractivity contribution in [3.63, 3.8) is 0 Å². The van der Waals surface area contributed by atoms with Crippen molar-refractivity contribution < 1.29 is 0 Å². The second kappa shape index (κ2) is 5.12. The van der Waals surface area contributed by atoms with Crippen molar-refractivity contribution in [1.29, 1.82) is 0 Å². The highest BCUT2D eigenvalue weighted by molar-refractivity contribution is 6.20. The average molecular weight is 278 g/mol. The molecule has 0 amide bonds. The van der Waals surface area contributed by atoms with Gasteiger partial charge in [0.2, 0.25) is 0 Å². The van der Waals surface area contributed by atoms with Crippen molar-refractivity contribution in [3.05, 3.63) is 24.2 Å². The van der Waals surface area contributed by atoms with Crippen LogP contribution in [0.3, 0.4) is 0 Å². The number of nitrogens with zero attached hydrogens (tertiary/aromatic N) is 3. The van der Waals surface area contributed by atoms with Gasteiger partial charge in [0.1, 0.15) is 11.3 Å². The van der Waals surface area contributed by atoms with Gasteiger partial charge in [0.25, 0.3) is 0 Å². The highest BCUT2D eigenvalue weighted by atomic mass is 35.5. The van der Waals surface area contributed by atoms with Gasteiger partial charge >= 0.3 is 0 Å². The Labute approximate surface area is 119 Å². The van der Waals surface area contributed by atoms with Gasteiger partial charge < -0.3 is 4.57 Å². The van der Waals surface area contributed by atoms with Gasteiger partial charge in [-0.25, -0.2) is 9.97 Å². The molecule has 2 atom stereocenters. The molecule has 0 bridgehead atoms. The van der Waals surface area contributed by atoms with E-state index in [0.29, 0.717) is 6.04 Å². The van der Waals surface area contributed by atoms with Crippen LogP contribution >= 0.6 is 11.6 Å². The Hall–Kier alpha value is -1.09. The van der Waals surface area contributed by atoms with Gasteiger partial charge in [-0.1, -0.05) is 12.8 Å². The third kappa shape index (κ3) is 2.25. The van der Waals surface area contributed by atoms with Crippen LogP contribution in [0.4, 0.5) is 0 Å². The van der Waals surface area contributed by atoms with E-state index in [-0.39, 0.29) is 5.38 Å². The summed E-state index contributed by atoms with van der Waals surface area (Å²) in [4.78, 5) is 9.19. The standard InChI is InChI=1S/C15H20ClN3/c1-10(16)14-18-13-8-5-9-17-15(13)19(14)11(2)12-6-3-4-7-12/h5,8-12H,3-4,6-7H2,1-2H3. The molecular formula is C15H20ClN3. The van der Waals surface area contributed by atoms with E-state index in [1.165, 1.54) is 25.7 Å². The van der Waals surface area contributed by atoms with Crippen LogP contribution in [-0.4, -0.2) is 14.5 Å². The summed E-state index contributed by atoms with van der Waals surface area (Å²) in [6.07, 6.45) is 7.15. The predicted octanol–water partition coefficient (Wildman–Crippen LogP) is 4.48. The minimum absolute atomic E-state index is 0.0851. The van der Waals surface area contributed by atoms with E-state index < -0.39 is 0 Å². The normalized spacial score (nSPS) is 19.9. The molecule has 3 nitrogen and oxygen atoms in total. The monoisotopic (exact) mass is 277 g/mol. The molecule has 102 valence electrons. The van der Waals surface area contributed by atoms with Crippen molar-refractivity contribution in [2.75, 3.05) is 0 Å². The summed E-state index contributed by atoms with van der Waals surface area (Å²) in [7, 11) is 0. The van der Waals surface area contributed by atoms with E-state index in [4.69, 9.17) is 11.6 Å². The third-order valence-electron chi connectivity index (χ3n) is 4.32. The van der Waals surface area contributed by atoms with Gasteiger partial charge in [0.15, 0.2) is 5.65 Å². The number of hydrogen-bond donors (Lipinski definition) is 0. The maximum Gasteiger partial charge on any atom is 0.160 e. The Morgan fingerprint density at radius 2 is 2.05 bits per heavy atom. The molecule has 2 heterocycles. The summed E-state index contributed by atoms with van der Waals surface area (Å²) < 4.78 is 2.27. The molecule has 0 radical (unpaired) electrons. The number of pyridine rings is 1. The molecule has 2 aromatic heterocycles. The van der Waals surface area contributed by atoms with E-state index in [0.717, 1.165) is 22.9 Å². The van der Waals surface area contributed by atoms with Crippen LogP contribution in [0.25, 0.3) is 11.2 Å². The third-order valence-corrected chi connectivity index (χ3v) is 4.52. The highest BCUT2D eigenvalue weighted by Crippen LogP contribution is 2.37. The van der Waals surface area contributed by atoms with Gasteiger partial charge in [0.05, 0.1) is 5.38 Å². The van der Waals surface area contributed by atoms with Crippen LogP contribution in [0.1, 0.15) is 56.8 Å². The maximum absolute atomic E-state index is 6.32. The van der Waals surface area contributed by atoms with Gasteiger partial charge in [-0.3, -0.25) is 0 Å². The molecule has 0 aromatic carbocycles. The van der Waals surface area contributed by atoms with Crippen molar-refractivity contribution in [3.8, 4) is 0 Å². The van der Waals surface area contributed by atoms with Crippen LogP contribution in [0.2, 0.25) is 0 Å². The fourth-order valence-electron chi connectivity index (χ4n) is 3.28. The lowest BCUT2D eigenvalue weighted by Crippen LogP contribution is -2.17. The molecule has 19 heavy (non-hydrogen) atoms. The highest BCUT2D eigenvalue weighted by Gasteiger charge is 2.27. The second-order valence-electron chi connectivity index (χ2n) is 5.59. The second-order valence-corrected chi connectivity index (χ2v) is 6.24. The molecule has 0 saturated heterocycles. The minimum atomic E-state index is -0.0851. The van der Waals surface area contributed by atoms with E-state index in [9.17, 15) is 0 Å². The Morgan fingerprint density at radius 3 is 2.74 bits per heavy atom. The first kappa shape index (κ1) is 12.9. The topological polar surface area (TPSA) is 30.7 Å². The zero-order valence-corrected chi connectivity index (χ0v) is 12.3. The number of imidazole rings is 1. The van der Waals surface area contributed by atoms with Crippen molar-refractivity contribution in [2.24, 2.45) is 5.92 Å². The van der Waals surface area contributed by atoms with Gasteiger partial charge in [-0.15, -0.1) is 11.6 Å². The molecular weight excluding hydrogens is 258 g/mol. The maximum atomic E-state index is 6.32. The molecule has 1 aliphatic carbocycles. The van der Waals surface area contributed by atoms with Crippen LogP contribution in [-0.2, 0) is 0 Å². The molecule has 1 aliphatic rings.